The fourth-order valence-electron chi connectivity index (χ4n) is 1.82. The highest BCUT2D eigenvalue weighted by Gasteiger charge is 2.19. The first-order valence-corrected chi connectivity index (χ1v) is 6.55. The van der Waals surface area contributed by atoms with E-state index in [1.54, 1.807) is 0 Å². The minimum Gasteiger partial charge on any atom is -0.450 e. The topological polar surface area (TPSA) is 63.6 Å². The fourth-order valence-corrected chi connectivity index (χ4v) is 1.82. The predicted molar refractivity (Wildman–Crippen MR) is 78.2 cm³/mol. The number of nitrogens with zero attached hydrogens (tertiary/aromatic N) is 5. The summed E-state index contributed by atoms with van der Waals surface area (Å²) in [5.74, 6) is 5.25. The van der Waals surface area contributed by atoms with Crippen LogP contribution in [0.15, 0.2) is 0 Å². The number of anilines is 1. The smallest absolute Gasteiger partial charge is 0.325 e. The van der Waals surface area contributed by atoms with Crippen molar-refractivity contribution in [2.75, 3.05) is 51.3 Å². The normalized spacial score (nSPS) is 15.1. The monoisotopic (exact) mass is 287 g/mol. The van der Waals surface area contributed by atoms with Crippen LogP contribution in [0.25, 0.3) is 0 Å². The van der Waals surface area contributed by atoms with E-state index in [0.717, 1.165) is 26.2 Å². The van der Waals surface area contributed by atoms with Gasteiger partial charge in [0.1, 0.15) is 0 Å². The van der Waals surface area contributed by atoms with Crippen LogP contribution in [0.3, 0.4) is 0 Å². The van der Waals surface area contributed by atoms with Gasteiger partial charge in [-0.2, -0.15) is 9.97 Å². The third kappa shape index (κ3) is 4.23. The van der Waals surface area contributed by atoms with E-state index in [1.807, 2.05) is 4.90 Å². The van der Waals surface area contributed by atoms with Crippen molar-refractivity contribution < 1.29 is 9.47 Å². The molecule has 2 heterocycles. The lowest BCUT2D eigenvalue weighted by Gasteiger charge is -2.32. The highest BCUT2D eigenvalue weighted by molar-refractivity contribution is 5.33. The van der Waals surface area contributed by atoms with E-state index in [-0.39, 0.29) is 25.2 Å². The number of hydrogen-bond donors (Lipinski definition) is 0. The van der Waals surface area contributed by atoms with Gasteiger partial charge in [0.05, 0.1) is 0 Å². The summed E-state index contributed by atoms with van der Waals surface area (Å²) >= 11 is 0. The maximum atomic E-state index is 5.26. The van der Waals surface area contributed by atoms with Gasteiger partial charge in [0.15, 0.2) is 13.2 Å². The molecule has 0 atom stereocenters. The van der Waals surface area contributed by atoms with Gasteiger partial charge in [0.2, 0.25) is 5.95 Å². The second-order valence-corrected chi connectivity index (χ2v) is 4.48. The van der Waals surface area contributed by atoms with Crippen LogP contribution < -0.4 is 14.4 Å². The second-order valence-electron chi connectivity index (χ2n) is 4.48. The van der Waals surface area contributed by atoms with Crippen molar-refractivity contribution in [2.24, 2.45) is 0 Å². The average molecular weight is 287 g/mol. The zero-order valence-electron chi connectivity index (χ0n) is 11.9. The third-order valence-electron chi connectivity index (χ3n) is 2.94. The molecule has 0 N–H and O–H groups in total. The summed E-state index contributed by atoms with van der Waals surface area (Å²) in [6.07, 6.45) is 10.3. The van der Waals surface area contributed by atoms with Crippen LogP contribution in [0.1, 0.15) is 0 Å². The summed E-state index contributed by atoms with van der Waals surface area (Å²) in [6, 6.07) is 0.285. The molecule has 110 valence electrons. The minimum absolute atomic E-state index is 0.0841. The van der Waals surface area contributed by atoms with Gasteiger partial charge in [-0.3, -0.25) is 0 Å². The number of terminal acetylenes is 2. The number of aromatic nitrogens is 3. The SMILES string of the molecule is C#CCOc1nc(OCC#C)nc(N2CCN(C)CC2)n1. The Morgan fingerprint density at radius 2 is 1.48 bits per heavy atom. The first-order chi connectivity index (χ1) is 10.2. The lowest BCUT2D eigenvalue weighted by atomic mass is 10.3. The van der Waals surface area contributed by atoms with Crippen LogP contribution in [0.2, 0.25) is 0 Å². The number of hydrogen-bond acceptors (Lipinski definition) is 7. The number of likely N-dealkylation sites (N-methyl/N-ethyl adjacent to an activating group) is 1. The Balaban J connectivity index is 2.18. The van der Waals surface area contributed by atoms with Gasteiger partial charge in [-0.05, 0) is 7.05 Å². The number of rotatable bonds is 5. The highest BCUT2D eigenvalue weighted by atomic mass is 16.5. The first-order valence-electron chi connectivity index (χ1n) is 6.55. The molecule has 1 aromatic rings. The first kappa shape index (κ1) is 14.9. The Kier molecular flexibility index (Phi) is 5.19. The molecular weight excluding hydrogens is 270 g/mol. The Labute approximate surface area is 124 Å². The molecule has 0 aromatic carbocycles. The summed E-state index contributed by atoms with van der Waals surface area (Å²) in [4.78, 5) is 16.8. The molecule has 1 fully saturated rings. The maximum Gasteiger partial charge on any atom is 0.325 e. The highest BCUT2D eigenvalue weighted by Crippen LogP contribution is 2.17. The Bertz CT molecular complexity index is 519. The average Bonchev–Trinajstić information content (AvgIpc) is 2.51. The van der Waals surface area contributed by atoms with E-state index in [0.29, 0.717) is 5.95 Å². The van der Waals surface area contributed by atoms with Crippen LogP contribution in [0.5, 0.6) is 12.0 Å². The maximum absolute atomic E-state index is 5.26. The van der Waals surface area contributed by atoms with Crippen molar-refractivity contribution in [1.29, 1.82) is 0 Å². The van der Waals surface area contributed by atoms with Gasteiger partial charge in [0.25, 0.3) is 0 Å². The molecule has 7 heteroatoms. The molecule has 1 aliphatic rings. The van der Waals surface area contributed by atoms with Crippen molar-refractivity contribution in [3.63, 3.8) is 0 Å². The van der Waals surface area contributed by atoms with Gasteiger partial charge < -0.3 is 19.3 Å². The molecule has 0 bridgehead atoms. The lowest BCUT2D eigenvalue weighted by Crippen LogP contribution is -2.45. The quantitative estimate of drug-likeness (QED) is 0.686. The van der Waals surface area contributed by atoms with Crippen molar-refractivity contribution in [1.82, 2.24) is 19.9 Å². The van der Waals surface area contributed by atoms with Crippen LogP contribution in [-0.4, -0.2) is 66.3 Å². The Hall–Kier alpha value is -2.51. The van der Waals surface area contributed by atoms with Crippen LogP contribution in [-0.2, 0) is 0 Å². The zero-order chi connectivity index (χ0) is 15.1. The predicted octanol–water partition coefficient (Wildman–Crippen LogP) is -0.353. The van der Waals surface area contributed by atoms with Crippen molar-refractivity contribution in [3.05, 3.63) is 0 Å². The third-order valence-corrected chi connectivity index (χ3v) is 2.94. The molecular formula is C14H17N5O2. The van der Waals surface area contributed by atoms with Crippen molar-refractivity contribution >= 4 is 5.95 Å². The van der Waals surface area contributed by atoms with Crippen LogP contribution >= 0.6 is 0 Å². The molecule has 2 rings (SSSR count). The van der Waals surface area contributed by atoms with Crippen LogP contribution in [0.4, 0.5) is 5.95 Å². The molecule has 0 radical (unpaired) electrons. The van der Waals surface area contributed by atoms with Crippen molar-refractivity contribution in [2.45, 2.75) is 0 Å². The molecule has 0 amide bonds. The summed E-state index contributed by atoms with van der Waals surface area (Å²) < 4.78 is 10.5. The number of ether oxygens (including phenoxy) is 2. The largest absolute Gasteiger partial charge is 0.450 e. The van der Waals surface area contributed by atoms with Gasteiger partial charge >= 0.3 is 12.0 Å². The molecule has 0 aliphatic carbocycles. The van der Waals surface area contributed by atoms with E-state index in [2.05, 4.69) is 38.7 Å². The van der Waals surface area contributed by atoms with E-state index >= 15 is 0 Å². The molecule has 1 aromatic heterocycles. The molecule has 1 aliphatic heterocycles. The molecule has 21 heavy (non-hydrogen) atoms. The summed E-state index contributed by atoms with van der Waals surface area (Å²) in [5.41, 5.74) is 0. The summed E-state index contributed by atoms with van der Waals surface area (Å²) in [6.45, 7) is 3.69. The van der Waals surface area contributed by atoms with Gasteiger partial charge in [0, 0.05) is 26.2 Å². The van der Waals surface area contributed by atoms with E-state index in [9.17, 15) is 0 Å². The fraction of sp³-hybridized carbons (Fsp3) is 0.500. The van der Waals surface area contributed by atoms with Gasteiger partial charge in [-0.1, -0.05) is 11.8 Å². The minimum atomic E-state index is 0.0841. The number of piperazine rings is 1. The summed E-state index contributed by atoms with van der Waals surface area (Å²) in [5, 5.41) is 0. The Morgan fingerprint density at radius 1 is 0.952 bits per heavy atom. The molecule has 1 saturated heterocycles. The van der Waals surface area contributed by atoms with Crippen LogP contribution in [0, 0.1) is 24.7 Å². The van der Waals surface area contributed by atoms with Gasteiger partial charge in [-0.25, -0.2) is 0 Å². The molecule has 7 nitrogen and oxygen atoms in total. The molecule has 0 saturated carbocycles. The standard InChI is InChI=1S/C14H17N5O2/c1-4-10-20-13-15-12(16-14(17-13)21-11-5-2)19-8-6-18(3)7-9-19/h1-2H,6-11H2,3H3. The molecule has 0 spiro atoms. The second kappa shape index (κ2) is 7.32. The van der Waals surface area contributed by atoms with Crippen molar-refractivity contribution in [3.8, 4) is 36.7 Å². The Morgan fingerprint density at radius 3 is 1.95 bits per heavy atom. The van der Waals surface area contributed by atoms with Gasteiger partial charge in [-0.15, -0.1) is 17.8 Å². The summed E-state index contributed by atoms with van der Waals surface area (Å²) in [7, 11) is 2.08. The molecule has 0 unspecified atom stereocenters. The lowest BCUT2D eigenvalue weighted by molar-refractivity contribution is 0.295. The zero-order valence-corrected chi connectivity index (χ0v) is 11.9. The van der Waals surface area contributed by atoms with E-state index < -0.39 is 0 Å². The van der Waals surface area contributed by atoms with E-state index in [4.69, 9.17) is 22.3 Å². The van der Waals surface area contributed by atoms with E-state index in [1.165, 1.54) is 0 Å².